The number of rotatable bonds is 3. The van der Waals surface area contributed by atoms with Gasteiger partial charge in [0.2, 0.25) is 0 Å². The van der Waals surface area contributed by atoms with Crippen molar-refractivity contribution in [2.24, 2.45) is 0 Å². The van der Waals surface area contributed by atoms with E-state index in [0.717, 1.165) is 18.7 Å². The summed E-state index contributed by atoms with van der Waals surface area (Å²) in [7, 11) is 0. The monoisotopic (exact) mass is 130 g/mol. The maximum absolute atomic E-state index is 5.44. The van der Waals surface area contributed by atoms with E-state index in [1.54, 1.807) is 0 Å². The van der Waals surface area contributed by atoms with E-state index in [-0.39, 0.29) is 0 Å². The van der Waals surface area contributed by atoms with Crippen molar-refractivity contribution < 1.29 is 0 Å². The molecule has 0 bridgehead atoms. The predicted octanol–water partition coefficient (Wildman–Crippen LogP) is 2.74. The van der Waals surface area contributed by atoms with E-state index >= 15 is 0 Å². The Labute approximate surface area is 55.9 Å². The van der Waals surface area contributed by atoms with E-state index < -0.39 is 0 Å². The van der Waals surface area contributed by atoms with Gasteiger partial charge in [-0.2, -0.15) is 0 Å². The molecule has 0 saturated carbocycles. The van der Waals surface area contributed by atoms with Crippen molar-refractivity contribution in [1.29, 1.82) is 0 Å². The van der Waals surface area contributed by atoms with Gasteiger partial charge in [-0.15, -0.1) is 17.3 Å². The van der Waals surface area contributed by atoms with Crippen LogP contribution in [0.2, 0.25) is 0 Å². The first kappa shape index (κ1) is 7.81. The van der Waals surface area contributed by atoms with Gasteiger partial charge in [-0.1, -0.05) is 6.58 Å². The Hall–Kier alpha value is -0.190. The Kier molecular flexibility index (Phi) is 4.84. The van der Waals surface area contributed by atoms with Gasteiger partial charge < -0.3 is 0 Å². The molecule has 0 rings (SSSR count). The highest BCUT2D eigenvalue weighted by molar-refractivity contribution is 6.17. The van der Waals surface area contributed by atoms with Crippen molar-refractivity contribution in [3.05, 3.63) is 17.9 Å². The number of hydrogen-bond donors (Lipinski definition) is 0. The Morgan fingerprint density at radius 2 is 2.38 bits per heavy atom. The van der Waals surface area contributed by atoms with Crippen molar-refractivity contribution in [3.8, 4) is 0 Å². The van der Waals surface area contributed by atoms with Crippen molar-refractivity contribution in [1.82, 2.24) is 0 Å². The Morgan fingerprint density at radius 3 is 2.75 bits per heavy atom. The van der Waals surface area contributed by atoms with Gasteiger partial charge >= 0.3 is 0 Å². The molecule has 0 aromatic heterocycles. The molecule has 1 heteroatoms. The van der Waals surface area contributed by atoms with Crippen LogP contribution in [-0.2, 0) is 0 Å². The van der Waals surface area contributed by atoms with Crippen molar-refractivity contribution in [2.75, 3.05) is 5.88 Å². The molecule has 0 radical (unpaired) electrons. The summed E-state index contributed by atoms with van der Waals surface area (Å²) in [6.45, 7) is 5.52. The summed E-state index contributed by atoms with van der Waals surface area (Å²) in [6.07, 6.45) is 2.07. The largest absolute Gasteiger partial charge is 0.130 e. The molecule has 0 heterocycles. The molecule has 8 heavy (non-hydrogen) atoms. The van der Waals surface area contributed by atoms with Crippen LogP contribution in [0.4, 0.5) is 0 Å². The third kappa shape index (κ3) is 3.98. The van der Waals surface area contributed by atoms with Crippen LogP contribution in [0.15, 0.2) is 17.9 Å². The van der Waals surface area contributed by atoms with Crippen LogP contribution in [0.25, 0.3) is 0 Å². The number of allylic oxidation sites excluding steroid dienone is 1. The summed E-state index contributed by atoms with van der Waals surface area (Å²) in [4.78, 5) is 0. The van der Waals surface area contributed by atoms with Crippen LogP contribution >= 0.6 is 11.6 Å². The van der Waals surface area contributed by atoms with Crippen LogP contribution in [-0.4, -0.2) is 5.88 Å². The van der Waals surface area contributed by atoms with E-state index in [1.807, 2.05) is 6.92 Å². The Bertz CT molecular complexity index is 99.0. The third-order valence-electron chi connectivity index (χ3n) is 0.987. The Morgan fingerprint density at radius 1 is 1.75 bits per heavy atom. The standard InChI is InChI=1S/C7H11Cl/c1-3-7(2)5-4-6-8/h1,4-6H2,2H3. The molecule has 0 aliphatic carbocycles. The van der Waals surface area contributed by atoms with E-state index in [4.69, 9.17) is 11.6 Å². The lowest BCUT2D eigenvalue weighted by Crippen LogP contribution is -1.75. The van der Waals surface area contributed by atoms with Gasteiger partial charge in [0.25, 0.3) is 0 Å². The molecule has 0 aromatic rings. The van der Waals surface area contributed by atoms with Crippen LogP contribution in [0.5, 0.6) is 0 Å². The van der Waals surface area contributed by atoms with Gasteiger partial charge in [-0.3, -0.25) is 0 Å². The van der Waals surface area contributed by atoms with Crippen molar-refractivity contribution in [2.45, 2.75) is 19.8 Å². The zero-order valence-corrected chi connectivity index (χ0v) is 5.96. The highest BCUT2D eigenvalue weighted by atomic mass is 35.5. The average molecular weight is 131 g/mol. The van der Waals surface area contributed by atoms with E-state index in [2.05, 4.69) is 12.3 Å². The molecule has 0 aliphatic heterocycles. The molecule has 0 amide bonds. The topological polar surface area (TPSA) is 0 Å². The quantitative estimate of drug-likeness (QED) is 0.407. The minimum absolute atomic E-state index is 0.735. The minimum atomic E-state index is 0.735. The third-order valence-corrected chi connectivity index (χ3v) is 1.25. The van der Waals surface area contributed by atoms with Crippen LogP contribution in [0, 0.1) is 0 Å². The van der Waals surface area contributed by atoms with Crippen LogP contribution in [0.3, 0.4) is 0 Å². The molecule has 0 aliphatic rings. The fourth-order valence-electron chi connectivity index (χ4n) is 0.420. The lowest BCUT2D eigenvalue weighted by Gasteiger charge is -1.90. The zero-order chi connectivity index (χ0) is 6.41. The molecule has 0 fully saturated rings. The lowest BCUT2D eigenvalue weighted by molar-refractivity contribution is 0.914. The molecule has 0 spiro atoms. The number of hydrogen-bond acceptors (Lipinski definition) is 0. The van der Waals surface area contributed by atoms with Gasteiger partial charge in [0.1, 0.15) is 0 Å². The molecule has 0 unspecified atom stereocenters. The van der Waals surface area contributed by atoms with Gasteiger partial charge in [0.05, 0.1) is 0 Å². The van der Waals surface area contributed by atoms with E-state index in [1.165, 1.54) is 5.57 Å². The molecule has 0 nitrogen and oxygen atoms in total. The molecular formula is C7H11Cl. The second kappa shape index (κ2) is 4.96. The normalized spacial score (nSPS) is 8.25. The molecule has 46 valence electrons. The molecular weight excluding hydrogens is 120 g/mol. The Balaban J connectivity index is 3.26. The average Bonchev–Trinajstić information content (AvgIpc) is 1.83. The highest BCUT2D eigenvalue weighted by Crippen LogP contribution is 2.01. The number of halogens is 1. The van der Waals surface area contributed by atoms with Crippen LogP contribution < -0.4 is 0 Å². The lowest BCUT2D eigenvalue weighted by atomic mass is 10.2. The maximum atomic E-state index is 5.44. The number of alkyl halides is 1. The SMILES string of the molecule is C=C=C(C)CCCCl. The summed E-state index contributed by atoms with van der Waals surface area (Å²) < 4.78 is 0. The van der Waals surface area contributed by atoms with E-state index in [9.17, 15) is 0 Å². The van der Waals surface area contributed by atoms with Gasteiger partial charge in [0, 0.05) is 5.88 Å². The first-order valence-corrected chi connectivity index (χ1v) is 3.26. The van der Waals surface area contributed by atoms with Crippen molar-refractivity contribution in [3.63, 3.8) is 0 Å². The molecule has 0 atom stereocenters. The first-order chi connectivity index (χ1) is 3.81. The molecule has 0 aromatic carbocycles. The summed E-state index contributed by atoms with van der Waals surface area (Å²) >= 11 is 5.44. The molecule has 0 N–H and O–H groups in total. The first-order valence-electron chi connectivity index (χ1n) is 2.72. The smallest absolute Gasteiger partial charge is 0.0226 e. The van der Waals surface area contributed by atoms with Gasteiger partial charge in [-0.05, 0) is 25.3 Å². The fraction of sp³-hybridized carbons (Fsp3) is 0.571. The van der Waals surface area contributed by atoms with Crippen LogP contribution in [0.1, 0.15) is 19.8 Å². The minimum Gasteiger partial charge on any atom is -0.130 e. The maximum Gasteiger partial charge on any atom is 0.0226 e. The van der Waals surface area contributed by atoms with E-state index in [0.29, 0.717) is 0 Å². The summed E-state index contributed by atoms with van der Waals surface area (Å²) in [5.41, 5.74) is 4.01. The second-order valence-electron chi connectivity index (χ2n) is 1.75. The zero-order valence-electron chi connectivity index (χ0n) is 5.21. The summed E-state index contributed by atoms with van der Waals surface area (Å²) in [6, 6.07) is 0. The molecule has 0 saturated heterocycles. The highest BCUT2D eigenvalue weighted by Gasteiger charge is 1.84. The van der Waals surface area contributed by atoms with Gasteiger partial charge in [0.15, 0.2) is 0 Å². The summed E-state index contributed by atoms with van der Waals surface area (Å²) in [5, 5.41) is 0. The predicted molar refractivity (Wildman–Crippen MR) is 38.3 cm³/mol. The van der Waals surface area contributed by atoms with Crippen molar-refractivity contribution >= 4 is 11.6 Å². The fourth-order valence-corrected chi connectivity index (χ4v) is 0.554. The summed E-state index contributed by atoms with van der Waals surface area (Å²) in [5.74, 6) is 0.735. The second-order valence-corrected chi connectivity index (χ2v) is 2.13. The van der Waals surface area contributed by atoms with Gasteiger partial charge in [-0.25, -0.2) is 0 Å².